The molecule has 3 rings (SSSR count). The van der Waals surface area contributed by atoms with Crippen LogP contribution < -0.4 is 5.32 Å². The fourth-order valence-electron chi connectivity index (χ4n) is 3.32. The van der Waals surface area contributed by atoms with Crippen LogP contribution in [0.1, 0.15) is 30.5 Å². The van der Waals surface area contributed by atoms with Gasteiger partial charge in [-0.25, -0.2) is 8.78 Å². The summed E-state index contributed by atoms with van der Waals surface area (Å²) in [5.74, 6) is -1.05. The van der Waals surface area contributed by atoms with E-state index in [1.807, 2.05) is 18.2 Å². The van der Waals surface area contributed by atoms with Crippen molar-refractivity contribution in [2.45, 2.75) is 38.4 Å². The largest absolute Gasteiger partial charge is 0.317 e. The summed E-state index contributed by atoms with van der Waals surface area (Å²) in [4.78, 5) is 6.70. The Bertz CT molecular complexity index is 626. The summed E-state index contributed by atoms with van der Waals surface area (Å²) in [5, 5.41) is 3.42. The van der Waals surface area contributed by atoms with Crippen LogP contribution >= 0.6 is 12.4 Å². The molecule has 1 N–H and O–H groups in total. The third-order valence-electron chi connectivity index (χ3n) is 4.46. The molecule has 1 aliphatic heterocycles. The summed E-state index contributed by atoms with van der Waals surface area (Å²) in [5.41, 5.74) is 1.65. The van der Waals surface area contributed by atoms with Crippen LogP contribution in [-0.2, 0) is 13.1 Å². The molecule has 2 aromatic rings. The van der Waals surface area contributed by atoms with Crippen molar-refractivity contribution >= 4 is 12.4 Å². The number of nitrogens with zero attached hydrogens (tertiary/aromatic N) is 2. The fourth-order valence-corrected chi connectivity index (χ4v) is 3.32. The zero-order valence-electron chi connectivity index (χ0n) is 14.1. The molecule has 1 atom stereocenters. The van der Waals surface area contributed by atoms with Gasteiger partial charge in [-0.3, -0.25) is 9.88 Å². The summed E-state index contributed by atoms with van der Waals surface area (Å²) in [7, 11) is 0. The Morgan fingerprint density at radius 1 is 1.04 bits per heavy atom. The standard InChI is InChI=1S/C19H23F2N3.ClH/c20-16-10-15(11-17(21)12-16)13-24(14-18-4-1-2-8-23-18)19-5-3-7-22-9-6-19;/h1-2,4,8,10-12,19,22H,3,5-7,9,13-14H2;1H. The van der Waals surface area contributed by atoms with Crippen molar-refractivity contribution < 1.29 is 8.78 Å². The maximum Gasteiger partial charge on any atom is 0.126 e. The minimum Gasteiger partial charge on any atom is -0.317 e. The number of pyridine rings is 1. The van der Waals surface area contributed by atoms with Gasteiger partial charge in [0.15, 0.2) is 0 Å². The molecule has 25 heavy (non-hydrogen) atoms. The third kappa shape index (κ3) is 6.03. The minimum atomic E-state index is -0.523. The number of nitrogens with one attached hydrogen (secondary N) is 1. The van der Waals surface area contributed by atoms with Crippen molar-refractivity contribution in [2.24, 2.45) is 0 Å². The Morgan fingerprint density at radius 3 is 2.56 bits per heavy atom. The number of aromatic nitrogens is 1. The zero-order chi connectivity index (χ0) is 16.8. The molecule has 0 aliphatic carbocycles. The van der Waals surface area contributed by atoms with E-state index < -0.39 is 11.6 Å². The fraction of sp³-hybridized carbons (Fsp3) is 0.421. The average molecular weight is 368 g/mol. The molecule has 1 unspecified atom stereocenters. The van der Waals surface area contributed by atoms with Gasteiger partial charge < -0.3 is 5.32 Å². The third-order valence-corrected chi connectivity index (χ3v) is 4.46. The predicted octanol–water partition coefficient (Wildman–Crippen LogP) is 3.93. The maximum absolute atomic E-state index is 13.5. The van der Waals surface area contributed by atoms with Crippen molar-refractivity contribution in [1.29, 1.82) is 0 Å². The lowest BCUT2D eigenvalue weighted by Gasteiger charge is -2.31. The Kier molecular flexibility index (Phi) is 7.75. The lowest BCUT2D eigenvalue weighted by molar-refractivity contribution is 0.162. The van der Waals surface area contributed by atoms with E-state index in [9.17, 15) is 8.78 Å². The minimum absolute atomic E-state index is 0. The second-order valence-electron chi connectivity index (χ2n) is 6.34. The molecule has 6 heteroatoms. The van der Waals surface area contributed by atoms with E-state index in [2.05, 4.69) is 15.2 Å². The second-order valence-corrected chi connectivity index (χ2v) is 6.34. The van der Waals surface area contributed by atoms with Crippen LogP contribution in [0.3, 0.4) is 0 Å². The van der Waals surface area contributed by atoms with Gasteiger partial charge in [-0.1, -0.05) is 6.07 Å². The van der Waals surface area contributed by atoms with Gasteiger partial charge in [-0.05, 0) is 62.2 Å². The number of hydrogen-bond donors (Lipinski definition) is 1. The average Bonchev–Trinajstić information content (AvgIpc) is 2.83. The summed E-state index contributed by atoms with van der Waals surface area (Å²) < 4.78 is 27.1. The van der Waals surface area contributed by atoms with Crippen LogP contribution in [0.2, 0.25) is 0 Å². The normalized spacial score (nSPS) is 17.8. The maximum atomic E-state index is 13.5. The highest BCUT2D eigenvalue weighted by molar-refractivity contribution is 5.85. The molecular formula is C19H24ClF2N3. The molecule has 0 radical (unpaired) electrons. The van der Waals surface area contributed by atoms with Crippen LogP contribution in [0, 0.1) is 11.6 Å². The van der Waals surface area contributed by atoms with Crippen LogP contribution in [-0.4, -0.2) is 29.0 Å². The molecule has 1 aliphatic rings. The molecular weight excluding hydrogens is 344 g/mol. The molecule has 136 valence electrons. The van der Waals surface area contributed by atoms with E-state index in [1.54, 1.807) is 6.20 Å². The summed E-state index contributed by atoms with van der Waals surface area (Å²) in [6, 6.07) is 10.00. The van der Waals surface area contributed by atoms with Crippen LogP contribution in [0.4, 0.5) is 8.78 Å². The van der Waals surface area contributed by atoms with E-state index in [4.69, 9.17) is 0 Å². The first-order chi connectivity index (χ1) is 11.7. The Morgan fingerprint density at radius 2 is 1.84 bits per heavy atom. The Labute approximate surface area is 153 Å². The van der Waals surface area contributed by atoms with E-state index in [0.717, 1.165) is 44.1 Å². The van der Waals surface area contributed by atoms with Crippen LogP contribution in [0.15, 0.2) is 42.6 Å². The molecule has 3 nitrogen and oxygen atoms in total. The molecule has 1 fully saturated rings. The van der Waals surface area contributed by atoms with E-state index in [0.29, 0.717) is 24.7 Å². The molecule has 1 aromatic carbocycles. The monoisotopic (exact) mass is 367 g/mol. The molecule has 1 aromatic heterocycles. The predicted molar refractivity (Wildman–Crippen MR) is 97.6 cm³/mol. The molecule has 1 saturated heterocycles. The number of benzene rings is 1. The summed E-state index contributed by atoms with van der Waals surface area (Å²) in [6.07, 6.45) is 5.01. The number of hydrogen-bond acceptors (Lipinski definition) is 3. The van der Waals surface area contributed by atoms with E-state index in [-0.39, 0.29) is 12.4 Å². The molecule has 0 spiro atoms. The SMILES string of the molecule is Cl.Fc1cc(F)cc(CN(Cc2ccccn2)C2CCCNCC2)c1. The lowest BCUT2D eigenvalue weighted by atomic mass is 10.1. The Hall–Kier alpha value is -1.56. The van der Waals surface area contributed by atoms with Gasteiger partial charge in [0, 0.05) is 31.4 Å². The smallest absolute Gasteiger partial charge is 0.126 e. The van der Waals surface area contributed by atoms with Crippen molar-refractivity contribution in [3.8, 4) is 0 Å². The van der Waals surface area contributed by atoms with Crippen molar-refractivity contribution in [3.63, 3.8) is 0 Å². The van der Waals surface area contributed by atoms with Gasteiger partial charge in [0.05, 0.1) is 5.69 Å². The summed E-state index contributed by atoms with van der Waals surface area (Å²) in [6.45, 7) is 3.21. The highest BCUT2D eigenvalue weighted by Crippen LogP contribution is 2.20. The van der Waals surface area contributed by atoms with Gasteiger partial charge in [-0.2, -0.15) is 0 Å². The van der Waals surface area contributed by atoms with Gasteiger partial charge in [0.1, 0.15) is 11.6 Å². The van der Waals surface area contributed by atoms with Gasteiger partial charge in [-0.15, -0.1) is 12.4 Å². The van der Waals surface area contributed by atoms with Crippen LogP contribution in [0.25, 0.3) is 0 Å². The van der Waals surface area contributed by atoms with Gasteiger partial charge >= 0.3 is 0 Å². The first-order valence-electron chi connectivity index (χ1n) is 8.50. The second kappa shape index (κ2) is 9.80. The van der Waals surface area contributed by atoms with Crippen molar-refractivity contribution in [2.75, 3.05) is 13.1 Å². The number of halogens is 3. The molecule has 2 heterocycles. The molecule has 0 amide bonds. The summed E-state index contributed by atoms with van der Waals surface area (Å²) >= 11 is 0. The van der Waals surface area contributed by atoms with Gasteiger partial charge in [0.25, 0.3) is 0 Å². The first kappa shape index (κ1) is 19.8. The van der Waals surface area contributed by atoms with Crippen LogP contribution in [0.5, 0.6) is 0 Å². The van der Waals surface area contributed by atoms with E-state index >= 15 is 0 Å². The first-order valence-corrected chi connectivity index (χ1v) is 8.50. The lowest BCUT2D eigenvalue weighted by Crippen LogP contribution is -2.35. The Balaban J connectivity index is 0.00000225. The molecule has 0 saturated carbocycles. The topological polar surface area (TPSA) is 28.2 Å². The highest BCUT2D eigenvalue weighted by Gasteiger charge is 2.21. The highest BCUT2D eigenvalue weighted by atomic mass is 35.5. The van der Waals surface area contributed by atoms with Gasteiger partial charge in [0.2, 0.25) is 0 Å². The van der Waals surface area contributed by atoms with Crippen molar-refractivity contribution in [3.05, 3.63) is 65.5 Å². The number of rotatable bonds is 5. The molecule has 0 bridgehead atoms. The van der Waals surface area contributed by atoms with Crippen molar-refractivity contribution in [1.82, 2.24) is 15.2 Å². The quantitative estimate of drug-likeness (QED) is 0.868. The zero-order valence-corrected chi connectivity index (χ0v) is 14.9. The van der Waals surface area contributed by atoms with E-state index in [1.165, 1.54) is 12.1 Å².